The maximum absolute atomic E-state index is 13.5. The molecule has 0 bridgehead atoms. The van der Waals surface area contributed by atoms with Crippen LogP contribution in [0, 0.1) is 5.82 Å². The minimum atomic E-state index is -0.474. The van der Waals surface area contributed by atoms with E-state index in [1.807, 2.05) is 0 Å². The lowest BCUT2D eigenvalue weighted by atomic mass is 10.0. The first-order valence-corrected chi connectivity index (χ1v) is 8.05. The first kappa shape index (κ1) is 15.3. The van der Waals surface area contributed by atoms with Crippen LogP contribution in [0.5, 0.6) is 0 Å². The number of hydrogen-bond acceptors (Lipinski definition) is 5. The second-order valence-corrected chi connectivity index (χ2v) is 6.30. The van der Waals surface area contributed by atoms with E-state index in [0.29, 0.717) is 43.7 Å². The first-order chi connectivity index (χ1) is 11.6. The number of aromatic nitrogens is 1. The van der Waals surface area contributed by atoms with Gasteiger partial charge in [-0.1, -0.05) is 17.3 Å². The zero-order chi connectivity index (χ0) is 16.7. The lowest BCUT2D eigenvalue weighted by Gasteiger charge is -2.28. The van der Waals surface area contributed by atoms with Crippen LogP contribution >= 0.6 is 0 Å². The Morgan fingerprint density at radius 3 is 3.08 bits per heavy atom. The van der Waals surface area contributed by atoms with Crippen LogP contribution in [-0.4, -0.2) is 46.3 Å². The summed E-state index contributed by atoms with van der Waals surface area (Å²) < 4.78 is 18.9. The number of hydrogen-bond donors (Lipinski definition) is 2. The van der Waals surface area contributed by atoms with Crippen molar-refractivity contribution >= 4 is 5.91 Å². The molecule has 126 valence electrons. The Kier molecular flexibility index (Phi) is 3.82. The summed E-state index contributed by atoms with van der Waals surface area (Å²) in [7, 11) is 0. The van der Waals surface area contributed by atoms with Crippen LogP contribution in [0.2, 0.25) is 0 Å². The predicted octanol–water partition coefficient (Wildman–Crippen LogP) is 1.09. The fourth-order valence-electron chi connectivity index (χ4n) is 3.39. The number of rotatable bonds is 2. The summed E-state index contributed by atoms with van der Waals surface area (Å²) in [6.07, 6.45) is 0.541. The first-order valence-electron chi connectivity index (χ1n) is 8.05. The molecule has 2 aromatic rings. The Morgan fingerprint density at radius 2 is 2.33 bits per heavy atom. The van der Waals surface area contributed by atoms with Crippen molar-refractivity contribution in [3.63, 3.8) is 0 Å². The standard InChI is InChI=1S/C17H18FN3O3/c18-11-3-1-2-10(6-11)16-13-9-21(5-4-15(13)24-20-16)17(23)14-7-12(22)8-19-14/h1-3,6,12,14,19,22H,4-5,7-9H2/t12-,14+/m1/s1. The monoisotopic (exact) mass is 331 g/mol. The van der Waals surface area contributed by atoms with Crippen LogP contribution in [-0.2, 0) is 17.8 Å². The summed E-state index contributed by atoms with van der Waals surface area (Å²) in [6, 6.07) is 5.84. The third kappa shape index (κ3) is 2.70. The third-order valence-electron chi connectivity index (χ3n) is 4.64. The molecule has 24 heavy (non-hydrogen) atoms. The summed E-state index contributed by atoms with van der Waals surface area (Å²) >= 11 is 0. The van der Waals surface area contributed by atoms with E-state index in [1.54, 1.807) is 17.0 Å². The van der Waals surface area contributed by atoms with Crippen LogP contribution in [0.3, 0.4) is 0 Å². The maximum Gasteiger partial charge on any atom is 0.240 e. The molecule has 2 aliphatic rings. The molecular formula is C17H18FN3O3. The van der Waals surface area contributed by atoms with Gasteiger partial charge in [0, 0.05) is 30.6 Å². The van der Waals surface area contributed by atoms with Gasteiger partial charge in [-0.3, -0.25) is 4.79 Å². The summed E-state index contributed by atoms with van der Waals surface area (Å²) in [5.41, 5.74) is 2.06. The van der Waals surface area contributed by atoms with Crippen molar-refractivity contribution in [3.8, 4) is 11.3 Å². The third-order valence-corrected chi connectivity index (χ3v) is 4.64. The number of halogens is 1. The minimum absolute atomic E-state index is 0.0245. The Labute approximate surface area is 138 Å². The molecule has 6 nitrogen and oxygen atoms in total. The SMILES string of the molecule is O=C([C@@H]1C[C@@H](O)CN1)N1CCc2onc(-c3cccc(F)c3)c2C1. The summed E-state index contributed by atoms with van der Waals surface area (Å²) in [5.74, 6) is 0.387. The Hall–Kier alpha value is -2.25. The van der Waals surface area contributed by atoms with E-state index >= 15 is 0 Å². The summed E-state index contributed by atoms with van der Waals surface area (Å²) in [4.78, 5) is 14.4. The van der Waals surface area contributed by atoms with Gasteiger partial charge in [0.15, 0.2) is 0 Å². The zero-order valence-electron chi connectivity index (χ0n) is 13.0. The van der Waals surface area contributed by atoms with Crippen LogP contribution in [0.25, 0.3) is 11.3 Å². The normalized spacial score (nSPS) is 23.3. The van der Waals surface area contributed by atoms with E-state index in [4.69, 9.17) is 4.52 Å². The predicted molar refractivity (Wildman–Crippen MR) is 83.4 cm³/mol. The van der Waals surface area contributed by atoms with Crippen molar-refractivity contribution in [1.29, 1.82) is 0 Å². The lowest BCUT2D eigenvalue weighted by Crippen LogP contribution is -2.45. The Morgan fingerprint density at radius 1 is 1.46 bits per heavy atom. The molecule has 2 atom stereocenters. The smallest absolute Gasteiger partial charge is 0.240 e. The van der Waals surface area contributed by atoms with Gasteiger partial charge in [0.1, 0.15) is 17.3 Å². The van der Waals surface area contributed by atoms with Gasteiger partial charge in [0.05, 0.1) is 18.7 Å². The van der Waals surface area contributed by atoms with Gasteiger partial charge in [-0.05, 0) is 18.6 Å². The van der Waals surface area contributed by atoms with Crippen molar-refractivity contribution < 1.29 is 18.8 Å². The van der Waals surface area contributed by atoms with Gasteiger partial charge in [-0.15, -0.1) is 0 Å². The largest absolute Gasteiger partial charge is 0.392 e. The topological polar surface area (TPSA) is 78.6 Å². The van der Waals surface area contributed by atoms with Crippen LogP contribution in [0.15, 0.2) is 28.8 Å². The molecule has 0 radical (unpaired) electrons. The highest BCUT2D eigenvalue weighted by atomic mass is 19.1. The number of aliphatic hydroxyl groups excluding tert-OH is 1. The Balaban J connectivity index is 1.58. The fraction of sp³-hybridized carbons (Fsp3) is 0.412. The second kappa shape index (κ2) is 5.99. The van der Waals surface area contributed by atoms with E-state index < -0.39 is 6.10 Å². The molecule has 7 heteroatoms. The van der Waals surface area contributed by atoms with Gasteiger partial charge in [0.2, 0.25) is 5.91 Å². The number of β-amino-alcohol motifs (C(OH)–C–C–N with tert-alkyl or cyclic N) is 1. The molecule has 0 spiro atoms. The van der Waals surface area contributed by atoms with E-state index in [2.05, 4.69) is 10.5 Å². The number of nitrogens with zero attached hydrogens (tertiary/aromatic N) is 2. The number of amides is 1. The average molecular weight is 331 g/mol. The second-order valence-electron chi connectivity index (χ2n) is 6.30. The minimum Gasteiger partial charge on any atom is -0.392 e. The quantitative estimate of drug-likeness (QED) is 0.861. The average Bonchev–Trinajstić information content (AvgIpc) is 3.19. The number of nitrogens with one attached hydrogen (secondary N) is 1. The van der Waals surface area contributed by atoms with E-state index in [1.165, 1.54) is 12.1 Å². The molecule has 1 amide bonds. The number of carbonyl (C=O) groups is 1. The van der Waals surface area contributed by atoms with Crippen molar-refractivity contribution in [2.24, 2.45) is 0 Å². The molecule has 1 saturated heterocycles. The van der Waals surface area contributed by atoms with Gasteiger partial charge in [0.25, 0.3) is 0 Å². The van der Waals surface area contributed by atoms with Crippen molar-refractivity contribution in [2.75, 3.05) is 13.1 Å². The number of aliphatic hydroxyl groups is 1. The molecule has 2 aliphatic heterocycles. The number of benzene rings is 1. The van der Waals surface area contributed by atoms with E-state index in [-0.39, 0.29) is 17.8 Å². The molecule has 4 rings (SSSR count). The van der Waals surface area contributed by atoms with Crippen LogP contribution < -0.4 is 5.32 Å². The molecule has 0 saturated carbocycles. The molecule has 1 aromatic carbocycles. The fourth-order valence-corrected chi connectivity index (χ4v) is 3.39. The van der Waals surface area contributed by atoms with Gasteiger partial charge in [-0.25, -0.2) is 4.39 Å². The van der Waals surface area contributed by atoms with Gasteiger partial charge in [-0.2, -0.15) is 0 Å². The molecule has 2 N–H and O–H groups in total. The van der Waals surface area contributed by atoms with Crippen molar-refractivity contribution in [2.45, 2.75) is 31.5 Å². The molecule has 3 heterocycles. The Bertz CT molecular complexity index is 776. The number of carbonyl (C=O) groups excluding carboxylic acids is 1. The molecule has 1 aromatic heterocycles. The van der Waals surface area contributed by atoms with Gasteiger partial charge >= 0.3 is 0 Å². The summed E-state index contributed by atoms with van der Waals surface area (Å²) in [5, 5.41) is 16.7. The lowest BCUT2D eigenvalue weighted by molar-refractivity contribution is -0.134. The number of fused-ring (bicyclic) bond motifs is 1. The molecule has 0 aliphatic carbocycles. The molecule has 1 fully saturated rings. The summed E-state index contributed by atoms with van der Waals surface area (Å²) in [6.45, 7) is 1.38. The maximum atomic E-state index is 13.5. The highest BCUT2D eigenvalue weighted by Crippen LogP contribution is 2.30. The van der Waals surface area contributed by atoms with Crippen LogP contribution in [0.4, 0.5) is 4.39 Å². The molecule has 0 unspecified atom stereocenters. The molecular weight excluding hydrogens is 313 g/mol. The van der Waals surface area contributed by atoms with Crippen LogP contribution in [0.1, 0.15) is 17.7 Å². The van der Waals surface area contributed by atoms with E-state index in [0.717, 1.165) is 11.3 Å². The van der Waals surface area contributed by atoms with Crippen molar-refractivity contribution in [1.82, 2.24) is 15.4 Å². The van der Waals surface area contributed by atoms with Gasteiger partial charge < -0.3 is 19.8 Å². The highest BCUT2D eigenvalue weighted by Gasteiger charge is 2.34. The zero-order valence-corrected chi connectivity index (χ0v) is 13.0. The van der Waals surface area contributed by atoms with Crippen molar-refractivity contribution in [3.05, 3.63) is 41.4 Å². The highest BCUT2D eigenvalue weighted by molar-refractivity contribution is 5.83. The van der Waals surface area contributed by atoms with E-state index in [9.17, 15) is 14.3 Å².